The van der Waals surface area contributed by atoms with E-state index in [0.29, 0.717) is 22.6 Å². The normalized spacial score (nSPS) is 12.1. The van der Waals surface area contributed by atoms with Gasteiger partial charge < -0.3 is 10.4 Å². The first-order chi connectivity index (χ1) is 11.9. The molecule has 0 radical (unpaired) electrons. The Morgan fingerprint density at radius 2 is 1.96 bits per heavy atom. The molecular weight excluding hydrogens is 342 g/mol. The van der Waals surface area contributed by atoms with Crippen molar-refractivity contribution in [3.05, 3.63) is 45.7 Å². The highest BCUT2D eigenvalue weighted by Gasteiger charge is 2.28. The summed E-state index contributed by atoms with van der Waals surface area (Å²) in [5, 5.41) is 25.5. The van der Waals surface area contributed by atoms with Gasteiger partial charge in [0.25, 0.3) is 5.91 Å². The molecule has 25 heavy (non-hydrogen) atoms. The highest BCUT2D eigenvalue weighted by Crippen LogP contribution is 2.26. The van der Waals surface area contributed by atoms with Gasteiger partial charge in [0.1, 0.15) is 0 Å². The first kappa shape index (κ1) is 16.9. The number of rotatable bonds is 5. The number of carboxylic acid groups (broad SMARTS) is 1. The van der Waals surface area contributed by atoms with E-state index in [-0.39, 0.29) is 5.69 Å². The number of thiophene rings is 1. The summed E-state index contributed by atoms with van der Waals surface area (Å²) in [4.78, 5) is 26.2. The minimum Gasteiger partial charge on any atom is -0.479 e. The lowest BCUT2D eigenvalue weighted by atomic mass is 10.0. The van der Waals surface area contributed by atoms with E-state index in [4.69, 9.17) is 0 Å². The zero-order valence-corrected chi connectivity index (χ0v) is 14.7. The minimum atomic E-state index is -1.20. The van der Waals surface area contributed by atoms with Gasteiger partial charge >= 0.3 is 5.97 Å². The fourth-order valence-corrected chi connectivity index (χ4v) is 3.42. The van der Waals surface area contributed by atoms with Crippen molar-refractivity contribution in [3.8, 4) is 10.6 Å². The molecule has 3 heterocycles. The van der Waals surface area contributed by atoms with Gasteiger partial charge in [0, 0.05) is 16.1 Å². The maximum atomic E-state index is 12.4. The molecule has 0 fully saturated rings. The molecule has 1 amide bonds. The second-order valence-corrected chi connectivity index (χ2v) is 6.96. The molecule has 1 atom stereocenters. The summed E-state index contributed by atoms with van der Waals surface area (Å²) < 4.78 is 0. The lowest BCUT2D eigenvalue weighted by Crippen LogP contribution is -2.34. The Bertz CT molecular complexity index is 920. The number of aliphatic carboxylic acids is 1. The SMILES string of the molecule is Cc1ccc(-c2cc(C(=O)N[C@H](C(=O)O)c3c(C)n[nH]c3C)n[nH]2)s1. The third-order valence-corrected chi connectivity index (χ3v) is 4.85. The van der Waals surface area contributed by atoms with Crippen LogP contribution in [0.2, 0.25) is 0 Å². The number of hydrogen-bond acceptors (Lipinski definition) is 5. The number of carbonyl (C=O) groups excluding carboxylic acids is 1. The van der Waals surface area contributed by atoms with Gasteiger partial charge in [0.15, 0.2) is 11.7 Å². The number of hydrogen-bond donors (Lipinski definition) is 4. The molecule has 0 aromatic carbocycles. The van der Waals surface area contributed by atoms with E-state index in [1.807, 2.05) is 19.1 Å². The van der Waals surface area contributed by atoms with Crippen LogP contribution in [0.1, 0.15) is 38.4 Å². The van der Waals surface area contributed by atoms with Crippen LogP contribution in [0.5, 0.6) is 0 Å². The van der Waals surface area contributed by atoms with Crippen LogP contribution in [0.15, 0.2) is 18.2 Å². The zero-order valence-electron chi connectivity index (χ0n) is 13.9. The van der Waals surface area contributed by atoms with Gasteiger partial charge in [0.05, 0.1) is 16.3 Å². The summed E-state index contributed by atoms with van der Waals surface area (Å²) in [5.74, 6) is -1.73. The summed E-state index contributed by atoms with van der Waals surface area (Å²) >= 11 is 1.58. The number of nitrogens with zero attached hydrogens (tertiary/aromatic N) is 2. The Morgan fingerprint density at radius 3 is 2.52 bits per heavy atom. The molecule has 8 nitrogen and oxygen atoms in total. The fourth-order valence-electron chi connectivity index (χ4n) is 2.59. The number of aromatic nitrogens is 4. The van der Waals surface area contributed by atoms with Gasteiger partial charge in [-0.25, -0.2) is 4.79 Å². The Kier molecular flexibility index (Phi) is 4.41. The van der Waals surface area contributed by atoms with Crippen LogP contribution in [0, 0.1) is 20.8 Å². The van der Waals surface area contributed by atoms with Gasteiger partial charge in [0.2, 0.25) is 0 Å². The highest BCUT2D eigenvalue weighted by atomic mass is 32.1. The Morgan fingerprint density at radius 1 is 1.20 bits per heavy atom. The van der Waals surface area contributed by atoms with E-state index in [1.165, 1.54) is 0 Å². The molecule has 0 bridgehead atoms. The lowest BCUT2D eigenvalue weighted by Gasteiger charge is -2.14. The minimum absolute atomic E-state index is 0.131. The van der Waals surface area contributed by atoms with Crippen molar-refractivity contribution in [3.63, 3.8) is 0 Å². The van der Waals surface area contributed by atoms with Crippen molar-refractivity contribution in [2.75, 3.05) is 0 Å². The highest BCUT2D eigenvalue weighted by molar-refractivity contribution is 7.15. The van der Waals surface area contributed by atoms with Crippen LogP contribution < -0.4 is 5.32 Å². The molecule has 3 aromatic rings. The molecule has 0 saturated carbocycles. The quantitative estimate of drug-likeness (QED) is 0.557. The lowest BCUT2D eigenvalue weighted by molar-refractivity contribution is -0.139. The number of amides is 1. The van der Waals surface area contributed by atoms with E-state index >= 15 is 0 Å². The van der Waals surface area contributed by atoms with Gasteiger partial charge in [-0.15, -0.1) is 11.3 Å². The second-order valence-electron chi connectivity index (χ2n) is 5.67. The van der Waals surface area contributed by atoms with E-state index in [0.717, 1.165) is 9.75 Å². The van der Waals surface area contributed by atoms with Crippen molar-refractivity contribution < 1.29 is 14.7 Å². The van der Waals surface area contributed by atoms with Crippen molar-refractivity contribution in [1.82, 2.24) is 25.7 Å². The average Bonchev–Trinajstić information content (AvgIpc) is 3.26. The molecule has 0 saturated heterocycles. The average molecular weight is 359 g/mol. The van der Waals surface area contributed by atoms with Crippen molar-refractivity contribution in [1.29, 1.82) is 0 Å². The molecule has 0 aliphatic carbocycles. The summed E-state index contributed by atoms with van der Waals surface area (Å²) in [5.41, 5.74) is 2.42. The Labute approximate surface area is 147 Å². The standard InChI is InChI=1S/C16H17N5O3S/c1-7-4-5-12(25-7)10-6-11(21-20-10)15(22)17-14(16(23)24)13-8(2)18-19-9(13)3/h4-6,14H,1-3H3,(H,17,22)(H,18,19)(H,20,21)(H,23,24)/t14-/m0/s1. The van der Waals surface area contributed by atoms with E-state index < -0.39 is 17.9 Å². The largest absolute Gasteiger partial charge is 0.479 e. The Balaban J connectivity index is 1.83. The van der Waals surface area contributed by atoms with Crippen LogP contribution in [0.25, 0.3) is 10.6 Å². The number of aromatic amines is 2. The number of carboxylic acids is 1. The third kappa shape index (κ3) is 3.31. The first-order valence-electron chi connectivity index (χ1n) is 7.54. The van der Waals surface area contributed by atoms with E-state index in [1.54, 1.807) is 31.3 Å². The van der Waals surface area contributed by atoms with Crippen LogP contribution in [0.4, 0.5) is 0 Å². The van der Waals surface area contributed by atoms with Crippen LogP contribution in [0.3, 0.4) is 0 Å². The maximum absolute atomic E-state index is 12.4. The summed E-state index contributed by atoms with van der Waals surface area (Å²) in [6.45, 7) is 5.39. The number of H-pyrrole nitrogens is 2. The van der Waals surface area contributed by atoms with Crippen molar-refractivity contribution in [2.24, 2.45) is 0 Å². The maximum Gasteiger partial charge on any atom is 0.331 e. The number of nitrogens with one attached hydrogen (secondary N) is 3. The third-order valence-electron chi connectivity index (χ3n) is 3.81. The molecule has 3 rings (SSSR count). The predicted molar refractivity (Wildman–Crippen MR) is 92.5 cm³/mol. The van der Waals surface area contributed by atoms with Crippen molar-refractivity contribution >= 4 is 23.2 Å². The molecule has 0 aliphatic rings. The van der Waals surface area contributed by atoms with Gasteiger partial charge in [-0.3, -0.25) is 15.0 Å². The van der Waals surface area contributed by atoms with E-state index in [2.05, 4.69) is 25.7 Å². The molecule has 3 aromatic heterocycles. The number of carbonyl (C=O) groups is 2. The first-order valence-corrected chi connectivity index (χ1v) is 8.36. The van der Waals surface area contributed by atoms with E-state index in [9.17, 15) is 14.7 Å². The topological polar surface area (TPSA) is 124 Å². The fraction of sp³-hybridized carbons (Fsp3) is 0.250. The van der Waals surface area contributed by atoms with Crippen molar-refractivity contribution in [2.45, 2.75) is 26.8 Å². The second kappa shape index (κ2) is 6.52. The van der Waals surface area contributed by atoms with Crippen LogP contribution >= 0.6 is 11.3 Å². The Hall–Kier alpha value is -2.94. The molecule has 0 unspecified atom stereocenters. The van der Waals surface area contributed by atoms with Crippen LogP contribution in [-0.2, 0) is 4.79 Å². The molecule has 0 aliphatic heterocycles. The van der Waals surface area contributed by atoms with Gasteiger partial charge in [-0.1, -0.05) is 0 Å². The smallest absolute Gasteiger partial charge is 0.331 e. The zero-order chi connectivity index (χ0) is 18.1. The molecule has 4 N–H and O–H groups in total. The molecule has 0 spiro atoms. The molecule has 130 valence electrons. The monoisotopic (exact) mass is 359 g/mol. The van der Waals surface area contributed by atoms with Gasteiger partial charge in [-0.05, 0) is 39.0 Å². The molecule has 9 heteroatoms. The summed E-state index contributed by atoms with van der Waals surface area (Å²) in [7, 11) is 0. The number of aryl methyl sites for hydroxylation is 3. The molecular formula is C16H17N5O3S. The summed E-state index contributed by atoms with van der Waals surface area (Å²) in [6.07, 6.45) is 0. The van der Waals surface area contributed by atoms with Gasteiger partial charge in [-0.2, -0.15) is 10.2 Å². The van der Waals surface area contributed by atoms with Crippen LogP contribution in [-0.4, -0.2) is 37.4 Å². The summed E-state index contributed by atoms with van der Waals surface area (Å²) in [6, 6.07) is 4.32. The predicted octanol–water partition coefficient (Wildman–Crippen LogP) is 2.34.